The standard InChI is InChI=1S/C10H9N3O/c11-6-2-4-8-3-1-5-9(7-8)10(14)13-12/h1-5,7H,12H2,(H,13,14). The van der Waals surface area contributed by atoms with Gasteiger partial charge in [-0.3, -0.25) is 10.2 Å². The van der Waals surface area contributed by atoms with Gasteiger partial charge in [-0.25, -0.2) is 5.84 Å². The molecule has 0 saturated carbocycles. The van der Waals surface area contributed by atoms with Crippen LogP contribution in [0, 0.1) is 11.3 Å². The molecule has 70 valence electrons. The number of amides is 1. The molecule has 0 aliphatic carbocycles. The van der Waals surface area contributed by atoms with Gasteiger partial charge in [0.25, 0.3) is 5.91 Å². The summed E-state index contributed by atoms with van der Waals surface area (Å²) in [6, 6.07) is 8.68. The van der Waals surface area contributed by atoms with E-state index in [0.29, 0.717) is 5.56 Å². The summed E-state index contributed by atoms with van der Waals surface area (Å²) in [5, 5.41) is 8.32. The molecule has 0 atom stereocenters. The van der Waals surface area contributed by atoms with Gasteiger partial charge in [-0.15, -0.1) is 0 Å². The van der Waals surface area contributed by atoms with Crippen molar-refractivity contribution in [1.29, 1.82) is 5.26 Å². The Morgan fingerprint density at radius 3 is 3.00 bits per heavy atom. The van der Waals surface area contributed by atoms with Gasteiger partial charge < -0.3 is 0 Å². The molecule has 0 radical (unpaired) electrons. The molecule has 0 aromatic heterocycles. The molecule has 4 heteroatoms. The van der Waals surface area contributed by atoms with E-state index in [-0.39, 0.29) is 5.91 Å². The fourth-order valence-electron chi connectivity index (χ4n) is 1.00. The van der Waals surface area contributed by atoms with Crippen LogP contribution in [0.25, 0.3) is 6.08 Å². The van der Waals surface area contributed by atoms with Gasteiger partial charge in [0.15, 0.2) is 0 Å². The number of nitrogens with two attached hydrogens (primary N) is 1. The van der Waals surface area contributed by atoms with Crippen LogP contribution in [0.5, 0.6) is 0 Å². The minimum absolute atomic E-state index is 0.350. The minimum atomic E-state index is -0.350. The Labute approximate surface area is 81.6 Å². The molecule has 0 saturated heterocycles. The molecule has 0 heterocycles. The van der Waals surface area contributed by atoms with Crippen molar-refractivity contribution in [2.24, 2.45) is 5.84 Å². The first-order valence-electron chi connectivity index (χ1n) is 3.95. The van der Waals surface area contributed by atoms with Gasteiger partial charge in [0, 0.05) is 11.6 Å². The SMILES string of the molecule is N#CC=Cc1cccc(C(=O)NN)c1. The number of carbonyl (C=O) groups excluding carboxylic acids is 1. The van der Waals surface area contributed by atoms with E-state index in [4.69, 9.17) is 11.1 Å². The number of nitrogens with zero attached hydrogens (tertiary/aromatic N) is 1. The van der Waals surface area contributed by atoms with E-state index >= 15 is 0 Å². The number of carbonyl (C=O) groups is 1. The van der Waals surface area contributed by atoms with E-state index < -0.39 is 0 Å². The summed E-state index contributed by atoms with van der Waals surface area (Å²) in [5.74, 6) is 4.63. The molecule has 4 nitrogen and oxygen atoms in total. The fourth-order valence-corrected chi connectivity index (χ4v) is 1.00. The Balaban J connectivity index is 2.96. The van der Waals surface area contributed by atoms with E-state index in [2.05, 4.69) is 0 Å². The minimum Gasteiger partial charge on any atom is -0.290 e. The van der Waals surface area contributed by atoms with Crippen molar-refractivity contribution < 1.29 is 4.79 Å². The van der Waals surface area contributed by atoms with E-state index in [1.54, 1.807) is 30.3 Å². The zero-order valence-electron chi connectivity index (χ0n) is 7.40. The number of hydrazine groups is 1. The Kier molecular flexibility index (Phi) is 3.41. The van der Waals surface area contributed by atoms with Gasteiger partial charge in [-0.1, -0.05) is 12.1 Å². The van der Waals surface area contributed by atoms with Gasteiger partial charge in [0.2, 0.25) is 0 Å². The molecule has 0 fully saturated rings. The highest BCUT2D eigenvalue weighted by Gasteiger charge is 2.01. The van der Waals surface area contributed by atoms with Crippen LogP contribution in [0.1, 0.15) is 15.9 Å². The highest BCUT2D eigenvalue weighted by atomic mass is 16.2. The number of allylic oxidation sites excluding steroid dienone is 1. The van der Waals surface area contributed by atoms with Gasteiger partial charge in [0.05, 0.1) is 6.07 Å². The van der Waals surface area contributed by atoms with Gasteiger partial charge in [-0.2, -0.15) is 5.26 Å². The zero-order chi connectivity index (χ0) is 10.4. The summed E-state index contributed by atoms with van der Waals surface area (Å²) in [6.45, 7) is 0. The summed E-state index contributed by atoms with van der Waals surface area (Å²) in [5.41, 5.74) is 3.29. The van der Waals surface area contributed by atoms with Crippen LogP contribution in [0.15, 0.2) is 30.3 Å². The van der Waals surface area contributed by atoms with Crippen LogP contribution in [-0.4, -0.2) is 5.91 Å². The third-order valence-electron chi connectivity index (χ3n) is 1.63. The lowest BCUT2D eigenvalue weighted by Crippen LogP contribution is -2.29. The first-order chi connectivity index (χ1) is 6.77. The smallest absolute Gasteiger partial charge is 0.265 e. The van der Waals surface area contributed by atoms with E-state index in [1.807, 2.05) is 11.5 Å². The Bertz CT molecular complexity index is 404. The van der Waals surface area contributed by atoms with Crippen molar-refractivity contribution in [3.8, 4) is 6.07 Å². The lowest BCUT2D eigenvalue weighted by atomic mass is 10.1. The lowest BCUT2D eigenvalue weighted by molar-refractivity contribution is 0.0953. The molecule has 14 heavy (non-hydrogen) atoms. The van der Waals surface area contributed by atoms with Crippen LogP contribution in [0.3, 0.4) is 0 Å². The molecule has 0 bridgehead atoms. The van der Waals surface area contributed by atoms with Crippen molar-refractivity contribution in [2.75, 3.05) is 0 Å². The highest BCUT2D eigenvalue weighted by Crippen LogP contribution is 2.06. The van der Waals surface area contributed by atoms with Crippen LogP contribution in [-0.2, 0) is 0 Å². The second-order valence-corrected chi connectivity index (χ2v) is 2.56. The quantitative estimate of drug-likeness (QED) is 0.311. The van der Waals surface area contributed by atoms with E-state index in [9.17, 15) is 4.79 Å². The van der Waals surface area contributed by atoms with Crippen LogP contribution in [0.2, 0.25) is 0 Å². The summed E-state index contributed by atoms with van der Waals surface area (Å²) >= 11 is 0. The van der Waals surface area contributed by atoms with Gasteiger partial charge in [-0.05, 0) is 23.8 Å². The second kappa shape index (κ2) is 4.80. The molecule has 1 amide bonds. The predicted molar refractivity (Wildman–Crippen MR) is 52.7 cm³/mol. The maximum atomic E-state index is 11.1. The fraction of sp³-hybridized carbons (Fsp3) is 0. The molecule has 1 rings (SSSR count). The van der Waals surface area contributed by atoms with Crippen molar-refractivity contribution in [2.45, 2.75) is 0 Å². The average Bonchev–Trinajstić information content (AvgIpc) is 2.25. The van der Waals surface area contributed by atoms with E-state index in [0.717, 1.165) is 5.56 Å². The maximum Gasteiger partial charge on any atom is 0.265 e. The van der Waals surface area contributed by atoms with Crippen molar-refractivity contribution in [3.05, 3.63) is 41.5 Å². The summed E-state index contributed by atoms with van der Waals surface area (Å²) < 4.78 is 0. The number of rotatable bonds is 2. The third-order valence-corrected chi connectivity index (χ3v) is 1.63. The molecular weight excluding hydrogens is 178 g/mol. The van der Waals surface area contributed by atoms with Crippen molar-refractivity contribution >= 4 is 12.0 Å². The Hall–Kier alpha value is -2.12. The first kappa shape index (κ1) is 9.96. The molecule has 0 unspecified atom stereocenters. The normalized spacial score (nSPS) is 9.71. The molecule has 0 spiro atoms. The largest absolute Gasteiger partial charge is 0.290 e. The summed E-state index contributed by atoms with van der Waals surface area (Å²) in [4.78, 5) is 11.1. The number of hydrogen-bond acceptors (Lipinski definition) is 3. The zero-order valence-corrected chi connectivity index (χ0v) is 7.40. The molecule has 3 N–H and O–H groups in total. The molecule has 0 aliphatic rings. The van der Waals surface area contributed by atoms with Crippen LogP contribution < -0.4 is 11.3 Å². The number of benzene rings is 1. The van der Waals surface area contributed by atoms with Crippen LogP contribution >= 0.6 is 0 Å². The Morgan fingerprint density at radius 2 is 2.36 bits per heavy atom. The molecule has 1 aromatic carbocycles. The van der Waals surface area contributed by atoms with Crippen molar-refractivity contribution in [3.63, 3.8) is 0 Å². The average molecular weight is 187 g/mol. The van der Waals surface area contributed by atoms with Gasteiger partial charge >= 0.3 is 0 Å². The molecule has 1 aromatic rings. The number of nitriles is 1. The number of hydrogen-bond donors (Lipinski definition) is 2. The third kappa shape index (κ3) is 2.44. The number of nitrogen functional groups attached to an aromatic ring is 1. The summed E-state index contributed by atoms with van der Waals surface area (Å²) in [7, 11) is 0. The number of nitrogens with one attached hydrogen (secondary N) is 1. The molecule has 0 aliphatic heterocycles. The monoisotopic (exact) mass is 187 g/mol. The highest BCUT2D eigenvalue weighted by molar-refractivity contribution is 5.94. The lowest BCUT2D eigenvalue weighted by Gasteiger charge is -1.99. The maximum absolute atomic E-state index is 11.1. The van der Waals surface area contributed by atoms with Gasteiger partial charge in [0.1, 0.15) is 0 Å². The second-order valence-electron chi connectivity index (χ2n) is 2.56. The predicted octanol–water partition coefficient (Wildman–Crippen LogP) is 0.827. The summed E-state index contributed by atoms with van der Waals surface area (Å²) in [6.07, 6.45) is 2.97. The Morgan fingerprint density at radius 1 is 1.57 bits per heavy atom. The van der Waals surface area contributed by atoms with E-state index in [1.165, 1.54) is 6.08 Å². The van der Waals surface area contributed by atoms with Crippen LogP contribution in [0.4, 0.5) is 0 Å². The topological polar surface area (TPSA) is 78.9 Å². The first-order valence-corrected chi connectivity index (χ1v) is 3.95. The molecular formula is C10H9N3O. The van der Waals surface area contributed by atoms with Crippen molar-refractivity contribution in [1.82, 2.24) is 5.43 Å².